The van der Waals surface area contributed by atoms with Crippen LogP contribution in [0.1, 0.15) is 12.7 Å². The average molecular weight is 201 g/mol. The molecule has 0 aliphatic heterocycles. The zero-order valence-corrected chi connectivity index (χ0v) is 9.07. The van der Waals surface area contributed by atoms with Gasteiger partial charge in [0.05, 0.1) is 11.9 Å². The van der Waals surface area contributed by atoms with Crippen molar-refractivity contribution >= 4 is 5.69 Å². The highest BCUT2D eigenvalue weighted by Crippen LogP contribution is 2.22. The van der Waals surface area contributed by atoms with Crippen molar-refractivity contribution in [2.75, 3.05) is 5.73 Å². The smallest absolute Gasteiger partial charge is 0.105 e. The summed E-state index contributed by atoms with van der Waals surface area (Å²) in [5, 5.41) is 0. The van der Waals surface area contributed by atoms with Gasteiger partial charge in [-0.25, -0.2) is 4.98 Å². The van der Waals surface area contributed by atoms with Gasteiger partial charge in [0.15, 0.2) is 0 Å². The molecule has 3 heteroatoms. The second kappa shape index (κ2) is 3.77. The number of hydrogen-bond acceptors (Lipinski definition) is 2. The van der Waals surface area contributed by atoms with Crippen LogP contribution < -0.4 is 5.73 Å². The van der Waals surface area contributed by atoms with Crippen molar-refractivity contribution in [2.45, 2.75) is 20.4 Å². The molecule has 1 aromatic heterocycles. The number of aromatic nitrogens is 2. The number of aryl methyl sites for hydroxylation is 1. The lowest BCUT2D eigenvalue weighted by atomic mass is 10.1. The lowest BCUT2D eigenvalue weighted by Crippen LogP contribution is -1.99. The van der Waals surface area contributed by atoms with E-state index in [1.54, 1.807) is 0 Å². The minimum Gasteiger partial charge on any atom is -0.399 e. The summed E-state index contributed by atoms with van der Waals surface area (Å²) in [4.78, 5) is 4.32. The van der Waals surface area contributed by atoms with E-state index in [1.165, 1.54) is 0 Å². The molecule has 0 atom stereocenters. The Labute approximate surface area is 89.6 Å². The Hall–Kier alpha value is -1.77. The summed E-state index contributed by atoms with van der Waals surface area (Å²) in [6.07, 6.45) is 1.90. The van der Waals surface area contributed by atoms with Gasteiger partial charge >= 0.3 is 0 Å². The molecule has 0 spiro atoms. The molecule has 78 valence electrons. The molecule has 2 aromatic rings. The molecule has 15 heavy (non-hydrogen) atoms. The molecule has 3 nitrogen and oxygen atoms in total. The summed E-state index contributed by atoms with van der Waals surface area (Å²) < 4.78 is 2.18. The normalized spacial score (nSPS) is 10.5. The molecule has 0 unspecified atom stereocenters. The van der Waals surface area contributed by atoms with Crippen molar-refractivity contribution in [1.82, 2.24) is 9.55 Å². The van der Waals surface area contributed by atoms with Gasteiger partial charge in [0, 0.05) is 17.8 Å². The van der Waals surface area contributed by atoms with Crippen LogP contribution in [-0.4, -0.2) is 9.55 Å². The third-order valence-corrected chi connectivity index (χ3v) is 2.55. The van der Waals surface area contributed by atoms with E-state index in [9.17, 15) is 0 Å². The Morgan fingerprint density at radius 3 is 2.87 bits per heavy atom. The third-order valence-electron chi connectivity index (χ3n) is 2.55. The van der Waals surface area contributed by atoms with E-state index < -0.39 is 0 Å². The Balaban J connectivity index is 2.54. The summed E-state index contributed by atoms with van der Waals surface area (Å²) >= 11 is 0. The van der Waals surface area contributed by atoms with Crippen LogP contribution in [0.3, 0.4) is 0 Å². The van der Waals surface area contributed by atoms with Gasteiger partial charge in [-0.3, -0.25) is 0 Å². The van der Waals surface area contributed by atoms with Crippen LogP contribution in [-0.2, 0) is 6.54 Å². The van der Waals surface area contributed by atoms with E-state index >= 15 is 0 Å². The molecule has 0 aliphatic carbocycles. The minimum atomic E-state index is 0.786. The van der Waals surface area contributed by atoms with Crippen LogP contribution in [0, 0.1) is 6.92 Å². The number of nitrogens with two attached hydrogens (primary N) is 1. The molecule has 2 N–H and O–H groups in total. The van der Waals surface area contributed by atoms with E-state index in [0.29, 0.717) is 0 Å². The number of anilines is 1. The van der Waals surface area contributed by atoms with Gasteiger partial charge < -0.3 is 10.3 Å². The molecule has 0 amide bonds. The van der Waals surface area contributed by atoms with E-state index in [4.69, 9.17) is 5.73 Å². The largest absolute Gasteiger partial charge is 0.399 e. The van der Waals surface area contributed by atoms with E-state index in [0.717, 1.165) is 29.3 Å². The fraction of sp³-hybridized carbons (Fsp3) is 0.250. The summed E-state index contributed by atoms with van der Waals surface area (Å²) in [7, 11) is 0. The third kappa shape index (κ3) is 1.73. The molecule has 0 aliphatic rings. The van der Waals surface area contributed by atoms with Gasteiger partial charge in [-0.05, 0) is 26.0 Å². The minimum absolute atomic E-state index is 0.786. The highest BCUT2D eigenvalue weighted by atomic mass is 15.1. The summed E-state index contributed by atoms with van der Waals surface area (Å²) in [5.74, 6) is 1.04. The Bertz CT molecular complexity index is 471. The molecule has 1 aromatic carbocycles. The van der Waals surface area contributed by atoms with E-state index in [-0.39, 0.29) is 0 Å². The van der Waals surface area contributed by atoms with Crippen molar-refractivity contribution in [3.05, 3.63) is 36.3 Å². The van der Waals surface area contributed by atoms with Gasteiger partial charge in [-0.15, -0.1) is 0 Å². The molecule has 2 rings (SSSR count). The maximum absolute atomic E-state index is 5.76. The summed E-state index contributed by atoms with van der Waals surface area (Å²) in [6, 6.07) is 7.89. The molecular formula is C12H15N3. The van der Waals surface area contributed by atoms with Crippen molar-refractivity contribution in [1.29, 1.82) is 0 Å². The van der Waals surface area contributed by atoms with Crippen molar-refractivity contribution in [2.24, 2.45) is 0 Å². The number of nitrogen functional groups attached to an aromatic ring is 1. The average Bonchev–Trinajstić information content (AvgIpc) is 2.59. The molecule has 1 heterocycles. The van der Waals surface area contributed by atoms with Crippen LogP contribution in [0.2, 0.25) is 0 Å². The second-order valence-electron chi connectivity index (χ2n) is 3.56. The molecule has 0 saturated carbocycles. The topological polar surface area (TPSA) is 43.8 Å². The highest BCUT2D eigenvalue weighted by Gasteiger charge is 2.06. The highest BCUT2D eigenvalue weighted by molar-refractivity contribution is 5.64. The van der Waals surface area contributed by atoms with E-state index in [2.05, 4.69) is 22.5 Å². The van der Waals surface area contributed by atoms with Crippen LogP contribution in [0.15, 0.2) is 30.5 Å². The lowest BCUT2D eigenvalue weighted by molar-refractivity contribution is 0.737. The quantitative estimate of drug-likeness (QED) is 0.758. The Morgan fingerprint density at radius 2 is 2.20 bits per heavy atom. The van der Waals surface area contributed by atoms with Gasteiger partial charge in [0.2, 0.25) is 0 Å². The van der Waals surface area contributed by atoms with Crippen LogP contribution in [0.4, 0.5) is 5.69 Å². The standard InChI is InChI=1S/C12H15N3/c1-3-15-9(2)14-8-12(15)10-5-4-6-11(13)7-10/h4-8H,3,13H2,1-2H3. The van der Waals surface area contributed by atoms with Gasteiger partial charge in [0.25, 0.3) is 0 Å². The molecule has 0 saturated heterocycles. The van der Waals surface area contributed by atoms with Crippen molar-refractivity contribution in [3.8, 4) is 11.3 Å². The maximum Gasteiger partial charge on any atom is 0.105 e. The summed E-state index contributed by atoms with van der Waals surface area (Å²) in [5.41, 5.74) is 8.80. The molecular weight excluding hydrogens is 186 g/mol. The number of nitrogens with zero attached hydrogens (tertiary/aromatic N) is 2. The predicted molar refractivity (Wildman–Crippen MR) is 62.5 cm³/mol. The van der Waals surface area contributed by atoms with Gasteiger partial charge in [-0.1, -0.05) is 12.1 Å². The van der Waals surface area contributed by atoms with E-state index in [1.807, 2.05) is 31.3 Å². The number of hydrogen-bond donors (Lipinski definition) is 1. The first-order valence-corrected chi connectivity index (χ1v) is 5.10. The molecule has 0 radical (unpaired) electrons. The first-order chi connectivity index (χ1) is 7.22. The predicted octanol–water partition coefficient (Wildman–Crippen LogP) is 2.46. The van der Waals surface area contributed by atoms with Crippen LogP contribution >= 0.6 is 0 Å². The Kier molecular flexibility index (Phi) is 2.46. The fourth-order valence-electron chi connectivity index (χ4n) is 1.80. The molecule has 0 bridgehead atoms. The van der Waals surface area contributed by atoms with Crippen molar-refractivity contribution < 1.29 is 0 Å². The van der Waals surface area contributed by atoms with Gasteiger partial charge in [0.1, 0.15) is 5.82 Å². The van der Waals surface area contributed by atoms with Crippen LogP contribution in [0.5, 0.6) is 0 Å². The molecule has 0 fully saturated rings. The first kappa shape index (κ1) is 9.77. The monoisotopic (exact) mass is 201 g/mol. The first-order valence-electron chi connectivity index (χ1n) is 5.10. The number of benzene rings is 1. The van der Waals surface area contributed by atoms with Crippen LogP contribution in [0.25, 0.3) is 11.3 Å². The maximum atomic E-state index is 5.76. The zero-order chi connectivity index (χ0) is 10.8. The fourth-order valence-corrected chi connectivity index (χ4v) is 1.80. The lowest BCUT2D eigenvalue weighted by Gasteiger charge is -2.07. The second-order valence-corrected chi connectivity index (χ2v) is 3.56. The summed E-state index contributed by atoms with van der Waals surface area (Å²) in [6.45, 7) is 5.06. The number of rotatable bonds is 2. The number of imidazole rings is 1. The SMILES string of the molecule is CCn1c(-c2cccc(N)c2)cnc1C. The van der Waals surface area contributed by atoms with Crippen molar-refractivity contribution in [3.63, 3.8) is 0 Å². The Morgan fingerprint density at radius 1 is 1.40 bits per heavy atom. The zero-order valence-electron chi connectivity index (χ0n) is 9.07. The van der Waals surface area contributed by atoms with Gasteiger partial charge in [-0.2, -0.15) is 0 Å².